The summed E-state index contributed by atoms with van der Waals surface area (Å²) in [6.07, 6.45) is -1.60. The predicted octanol–water partition coefficient (Wildman–Crippen LogP) is 1.86. The molecule has 9 heteroatoms. The highest BCUT2D eigenvalue weighted by atomic mass is 16.6. The molecule has 1 N–H and O–H groups in total. The maximum Gasteiger partial charge on any atom is 0.338 e. The van der Waals surface area contributed by atoms with Crippen LogP contribution in [0.25, 0.3) is 0 Å². The molecule has 2 heterocycles. The van der Waals surface area contributed by atoms with Crippen molar-refractivity contribution >= 4 is 23.6 Å². The number of nitrogens with zero attached hydrogens (tertiary/aromatic N) is 1. The number of allylic oxidation sites excluding steroid dienone is 1. The van der Waals surface area contributed by atoms with Gasteiger partial charge in [0.05, 0.1) is 17.5 Å². The molecule has 2 aromatic rings. The minimum absolute atomic E-state index is 0.251. The first-order chi connectivity index (χ1) is 16.3. The minimum atomic E-state index is -1.88. The zero-order valence-corrected chi connectivity index (χ0v) is 18.3. The van der Waals surface area contributed by atoms with Crippen LogP contribution in [0, 0.1) is 0 Å². The predicted molar refractivity (Wildman–Crippen MR) is 117 cm³/mol. The Morgan fingerprint density at radius 3 is 2.21 bits per heavy atom. The summed E-state index contributed by atoms with van der Waals surface area (Å²) in [5.74, 6) is -2.29. The van der Waals surface area contributed by atoms with E-state index < -0.39 is 41.9 Å². The summed E-state index contributed by atoms with van der Waals surface area (Å²) in [6, 6.07) is 16.5. The van der Waals surface area contributed by atoms with Crippen LogP contribution in [0.2, 0.25) is 0 Å². The summed E-state index contributed by atoms with van der Waals surface area (Å²) in [5.41, 5.74) is -1.31. The lowest BCUT2D eigenvalue weighted by molar-refractivity contribution is -0.158. The molecule has 1 saturated heterocycles. The summed E-state index contributed by atoms with van der Waals surface area (Å²) >= 11 is 0. The summed E-state index contributed by atoms with van der Waals surface area (Å²) < 4.78 is 16.9. The molecule has 34 heavy (non-hydrogen) atoms. The molecule has 1 fully saturated rings. The molecule has 176 valence electrons. The van der Waals surface area contributed by atoms with E-state index >= 15 is 0 Å². The van der Waals surface area contributed by atoms with Crippen LogP contribution < -0.4 is 0 Å². The number of ketones is 1. The third-order valence-corrected chi connectivity index (χ3v) is 5.64. The van der Waals surface area contributed by atoms with Gasteiger partial charge in [0.1, 0.15) is 18.3 Å². The van der Waals surface area contributed by atoms with Gasteiger partial charge in [0.25, 0.3) is 0 Å². The molecule has 2 aliphatic heterocycles. The van der Waals surface area contributed by atoms with E-state index in [1.807, 2.05) is 0 Å². The van der Waals surface area contributed by atoms with Crippen LogP contribution >= 0.6 is 0 Å². The van der Waals surface area contributed by atoms with Crippen LogP contribution in [0.1, 0.15) is 34.1 Å². The molecule has 0 radical (unpaired) electrons. The normalized spacial score (nSPS) is 26.4. The second kappa shape index (κ2) is 9.58. The van der Waals surface area contributed by atoms with Crippen molar-refractivity contribution in [3.05, 3.63) is 84.1 Å². The number of hydrogen-bond donors (Lipinski definition) is 1. The number of esters is 2. The smallest absolute Gasteiger partial charge is 0.338 e. The van der Waals surface area contributed by atoms with E-state index in [0.717, 1.165) is 4.90 Å². The first-order valence-electron chi connectivity index (χ1n) is 10.7. The standard InChI is InChI=1S/C25H23NO8/c1-25(31)21(34-23(30)17-10-6-3-7-11-17)19(15-32-22(29)16-8-4-2-5-9-16)33-24(25)26-13-12-18(27)14-20(26)28/h2-13,19,21,24,31H,14-15H2,1H3/t19-,21-,24-,25+/m1/s1. The Hall–Kier alpha value is -3.82. The van der Waals surface area contributed by atoms with Crippen molar-refractivity contribution in [3.8, 4) is 0 Å². The summed E-state index contributed by atoms with van der Waals surface area (Å²) in [6.45, 7) is 1.01. The SMILES string of the molecule is C[C@]1(O)[C@H](OC(=O)c2ccccc2)[C@@H](COC(=O)c2ccccc2)O[C@H]1N1C=CC(=O)CC1=O. The third kappa shape index (κ3) is 4.75. The molecule has 0 aliphatic carbocycles. The van der Waals surface area contributed by atoms with Crippen LogP contribution in [-0.4, -0.2) is 64.3 Å². The van der Waals surface area contributed by atoms with E-state index in [1.165, 1.54) is 19.2 Å². The van der Waals surface area contributed by atoms with Crippen molar-refractivity contribution in [2.45, 2.75) is 37.4 Å². The summed E-state index contributed by atoms with van der Waals surface area (Å²) in [7, 11) is 0. The molecule has 2 aliphatic rings. The topological polar surface area (TPSA) is 119 Å². The average Bonchev–Trinajstić information content (AvgIpc) is 3.08. The van der Waals surface area contributed by atoms with Gasteiger partial charge in [0.15, 0.2) is 18.1 Å². The molecule has 0 bridgehead atoms. The Bertz CT molecular complexity index is 1110. The second-order valence-corrected chi connectivity index (χ2v) is 8.17. The van der Waals surface area contributed by atoms with E-state index in [4.69, 9.17) is 14.2 Å². The Balaban J connectivity index is 1.57. The van der Waals surface area contributed by atoms with Crippen LogP contribution in [0.5, 0.6) is 0 Å². The van der Waals surface area contributed by atoms with Crippen LogP contribution in [-0.2, 0) is 23.8 Å². The van der Waals surface area contributed by atoms with Gasteiger partial charge >= 0.3 is 11.9 Å². The molecule has 0 saturated carbocycles. The zero-order valence-electron chi connectivity index (χ0n) is 18.3. The van der Waals surface area contributed by atoms with Crippen LogP contribution in [0.4, 0.5) is 0 Å². The number of amides is 1. The Labute approximate surface area is 195 Å². The average molecular weight is 465 g/mol. The Kier molecular flexibility index (Phi) is 6.58. The van der Waals surface area contributed by atoms with Gasteiger partial charge in [-0.05, 0) is 37.3 Å². The largest absolute Gasteiger partial charge is 0.459 e. The molecule has 4 rings (SSSR count). The zero-order chi connectivity index (χ0) is 24.3. The number of ether oxygens (including phenoxy) is 3. The number of carbonyl (C=O) groups is 4. The first kappa shape index (κ1) is 23.3. The molecule has 4 atom stereocenters. The fourth-order valence-corrected chi connectivity index (χ4v) is 3.89. The minimum Gasteiger partial charge on any atom is -0.459 e. The van der Waals surface area contributed by atoms with Crippen molar-refractivity contribution in [2.75, 3.05) is 6.61 Å². The van der Waals surface area contributed by atoms with Crippen molar-refractivity contribution < 1.29 is 38.5 Å². The first-order valence-corrected chi connectivity index (χ1v) is 10.7. The highest BCUT2D eigenvalue weighted by Gasteiger charge is 2.58. The molecule has 2 aromatic carbocycles. The Morgan fingerprint density at radius 1 is 1.03 bits per heavy atom. The van der Waals surface area contributed by atoms with E-state index in [0.29, 0.717) is 5.56 Å². The van der Waals surface area contributed by atoms with Crippen LogP contribution in [0.3, 0.4) is 0 Å². The monoisotopic (exact) mass is 465 g/mol. The number of benzene rings is 2. The van der Waals surface area contributed by atoms with Gasteiger partial charge in [-0.25, -0.2) is 9.59 Å². The van der Waals surface area contributed by atoms with E-state index in [2.05, 4.69) is 0 Å². The molecular weight excluding hydrogens is 442 g/mol. The van der Waals surface area contributed by atoms with Crippen molar-refractivity contribution in [1.29, 1.82) is 0 Å². The van der Waals surface area contributed by atoms with Crippen LogP contribution in [0.15, 0.2) is 72.9 Å². The van der Waals surface area contributed by atoms with Crippen molar-refractivity contribution in [2.24, 2.45) is 0 Å². The highest BCUT2D eigenvalue weighted by molar-refractivity contribution is 6.06. The quantitative estimate of drug-likeness (QED) is 0.507. The van der Waals surface area contributed by atoms with Gasteiger partial charge in [-0.15, -0.1) is 0 Å². The van der Waals surface area contributed by atoms with Gasteiger partial charge in [-0.3, -0.25) is 14.5 Å². The molecule has 0 spiro atoms. The van der Waals surface area contributed by atoms with Gasteiger partial charge in [-0.1, -0.05) is 36.4 Å². The number of carbonyl (C=O) groups excluding carboxylic acids is 4. The molecule has 0 unspecified atom stereocenters. The third-order valence-electron chi connectivity index (χ3n) is 5.64. The fraction of sp³-hybridized carbons (Fsp3) is 0.280. The molecule has 1 amide bonds. The lowest BCUT2D eigenvalue weighted by Gasteiger charge is -2.35. The van der Waals surface area contributed by atoms with E-state index in [9.17, 15) is 24.3 Å². The number of hydrogen-bond acceptors (Lipinski definition) is 8. The number of aliphatic hydroxyl groups is 1. The van der Waals surface area contributed by atoms with Gasteiger partial charge in [0.2, 0.25) is 5.91 Å². The lowest BCUT2D eigenvalue weighted by Crippen LogP contribution is -2.55. The summed E-state index contributed by atoms with van der Waals surface area (Å²) in [5, 5.41) is 11.3. The van der Waals surface area contributed by atoms with Gasteiger partial charge in [-0.2, -0.15) is 0 Å². The van der Waals surface area contributed by atoms with E-state index in [-0.39, 0.29) is 24.4 Å². The maximum atomic E-state index is 12.7. The van der Waals surface area contributed by atoms with Crippen molar-refractivity contribution in [3.63, 3.8) is 0 Å². The highest BCUT2D eigenvalue weighted by Crippen LogP contribution is 2.37. The fourth-order valence-electron chi connectivity index (χ4n) is 3.89. The second-order valence-electron chi connectivity index (χ2n) is 8.17. The molecular formula is C25H23NO8. The Morgan fingerprint density at radius 2 is 1.62 bits per heavy atom. The summed E-state index contributed by atoms with van der Waals surface area (Å²) in [4.78, 5) is 50.3. The maximum absolute atomic E-state index is 12.7. The molecule has 9 nitrogen and oxygen atoms in total. The van der Waals surface area contributed by atoms with E-state index in [1.54, 1.807) is 60.7 Å². The number of rotatable bonds is 6. The lowest BCUT2D eigenvalue weighted by atomic mass is 9.95. The van der Waals surface area contributed by atoms with Gasteiger partial charge in [0, 0.05) is 6.20 Å². The van der Waals surface area contributed by atoms with Gasteiger partial charge < -0.3 is 19.3 Å². The molecule has 0 aromatic heterocycles. The van der Waals surface area contributed by atoms with Crippen molar-refractivity contribution in [1.82, 2.24) is 4.90 Å².